The molecule has 0 bridgehead atoms. The fourth-order valence-electron chi connectivity index (χ4n) is 2.33. The molecule has 0 amide bonds. The van der Waals surface area contributed by atoms with Gasteiger partial charge < -0.3 is 9.47 Å². The predicted molar refractivity (Wildman–Crippen MR) is 100 cm³/mol. The highest BCUT2D eigenvalue weighted by Gasteiger charge is 2.11. The molecular formula is C19H21NO5S. The third kappa shape index (κ3) is 4.70. The van der Waals surface area contributed by atoms with Crippen LogP contribution in [-0.4, -0.2) is 30.2 Å². The van der Waals surface area contributed by atoms with E-state index in [4.69, 9.17) is 4.74 Å². The van der Waals surface area contributed by atoms with E-state index in [2.05, 4.69) is 4.74 Å². The number of hydrogen-bond donors (Lipinski definition) is 0. The van der Waals surface area contributed by atoms with Crippen molar-refractivity contribution in [1.82, 2.24) is 4.57 Å². The highest BCUT2D eigenvalue weighted by molar-refractivity contribution is 7.07. The molecule has 26 heavy (non-hydrogen) atoms. The third-order valence-corrected chi connectivity index (χ3v) is 4.76. The lowest BCUT2D eigenvalue weighted by atomic mass is 10.1. The van der Waals surface area contributed by atoms with E-state index in [1.165, 1.54) is 17.8 Å². The van der Waals surface area contributed by atoms with Gasteiger partial charge in [-0.15, -0.1) is 11.3 Å². The molecule has 7 heteroatoms. The van der Waals surface area contributed by atoms with Gasteiger partial charge in [-0.2, -0.15) is 0 Å². The van der Waals surface area contributed by atoms with Crippen molar-refractivity contribution in [2.75, 3.05) is 13.7 Å². The van der Waals surface area contributed by atoms with E-state index in [1.807, 2.05) is 32.0 Å². The summed E-state index contributed by atoms with van der Waals surface area (Å²) in [6, 6.07) is 5.96. The molecule has 0 N–H and O–H groups in total. The molecule has 0 aliphatic rings. The summed E-state index contributed by atoms with van der Waals surface area (Å²) in [5, 5.41) is 0. The lowest BCUT2D eigenvalue weighted by Crippen LogP contribution is -2.34. The van der Waals surface area contributed by atoms with Crippen LogP contribution in [0.25, 0.3) is 12.2 Å². The van der Waals surface area contributed by atoms with Gasteiger partial charge in [0.05, 0.1) is 24.3 Å². The van der Waals surface area contributed by atoms with Crippen LogP contribution in [0.15, 0.2) is 23.0 Å². The smallest absolute Gasteiger partial charge is 0.333 e. The molecule has 0 aliphatic heterocycles. The Morgan fingerprint density at radius 1 is 1.27 bits per heavy atom. The number of thiazole rings is 1. The number of benzene rings is 1. The molecule has 2 aromatic rings. The fourth-order valence-corrected chi connectivity index (χ4v) is 3.35. The van der Waals surface area contributed by atoms with E-state index >= 15 is 0 Å². The molecule has 0 fully saturated rings. The van der Waals surface area contributed by atoms with Gasteiger partial charge in [0.1, 0.15) is 11.2 Å². The van der Waals surface area contributed by atoms with Crippen molar-refractivity contribution in [3.63, 3.8) is 0 Å². The number of carbonyl (C=O) groups is 2. The number of rotatable bonds is 5. The summed E-state index contributed by atoms with van der Waals surface area (Å²) in [6.07, 6.45) is 2.99. The first-order valence-electron chi connectivity index (χ1n) is 8.09. The summed E-state index contributed by atoms with van der Waals surface area (Å²) in [5.74, 6) is -1.13. The Bertz CT molecular complexity index is 1000. The topological polar surface area (TPSA) is 74.6 Å². The zero-order valence-electron chi connectivity index (χ0n) is 15.2. The highest BCUT2D eigenvalue weighted by atomic mass is 32.1. The van der Waals surface area contributed by atoms with Crippen molar-refractivity contribution in [2.45, 2.75) is 27.3 Å². The number of esters is 2. The first-order chi connectivity index (χ1) is 12.3. The van der Waals surface area contributed by atoms with E-state index in [0.29, 0.717) is 9.20 Å². The number of nitrogens with zero attached hydrogens (tertiary/aromatic N) is 1. The number of ether oxygens (including phenoxy) is 2. The zero-order chi connectivity index (χ0) is 19.3. The van der Waals surface area contributed by atoms with Gasteiger partial charge in [-0.05, 0) is 38.0 Å². The molecule has 0 saturated carbocycles. The first-order valence-corrected chi connectivity index (χ1v) is 8.91. The van der Waals surface area contributed by atoms with E-state index < -0.39 is 11.9 Å². The van der Waals surface area contributed by atoms with Gasteiger partial charge in [0.2, 0.25) is 0 Å². The summed E-state index contributed by atoms with van der Waals surface area (Å²) >= 11 is 1.13. The molecule has 2 rings (SSSR count). The molecular weight excluding hydrogens is 354 g/mol. The first kappa shape index (κ1) is 19.7. The van der Waals surface area contributed by atoms with Crippen LogP contribution in [0.1, 0.15) is 23.6 Å². The number of aromatic nitrogens is 1. The maximum Gasteiger partial charge on any atom is 0.333 e. The number of hydrogen-bond acceptors (Lipinski definition) is 6. The minimum Gasteiger partial charge on any atom is -0.468 e. The SMILES string of the molecule is CCOC(=O)/C=c1\s/c(=C\c2cc(C)ccc2C)c(=O)n1CC(=O)OC. The Kier molecular flexibility index (Phi) is 6.52. The second kappa shape index (κ2) is 8.62. The van der Waals surface area contributed by atoms with Gasteiger partial charge in [0.25, 0.3) is 5.56 Å². The standard InChI is InChI=1S/C19H21NO5S/c1-5-25-17(21)10-16-20(11-18(22)24-4)19(23)15(26-16)9-14-8-12(2)6-7-13(14)3/h6-10H,5,11H2,1-4H3/b15-9-,16-10-. The second-order valence-corrected chi connectivity index (χ2v) is 6.73. The largest absolute Gasteiger partial charge is 0.468 e. The van der Waals surface area contributed by atoms with E-state index in [1.54, 1.807) is 13.0 Å². The average Bonchev–Trinajstić information content (AvgIpc) is 2.87. The van der Waals surface area contributed by atoms with Crippen LogP contribution in [0.5, 0.6) is 0 Å². The van der Waals surface area contributed by atoms with Crippen molar-refractivity contribution < 1.29 is 19.1 Å². The molecule has 1 aromatic carbocycles. The Balaban J connectivity index is 2.67. The van der Waals surface area contributed by atoms with Crippen LogP contribution in [0.3, 0.4) is 0 Å². The lowest BCUT2D eigenvalue weighted by molar-refractivity contribution is -0.141. The second-order valence-electron chi connectivity index (χ2n) is 5.67. The van der Waals surface area contributed by atoms with Gasteiger partial charge >= 0.3 is 11.9 Å². The fraction of sp³-hybridized carbons (Fsp3) is 0.316. The number of carbonyl (C=O) groups excluding carboxylic acids is 2. The molecule has 0 unspecified atom stereocenters. The highest BCUT2D eigenvalue weighted by Crippen LogP contribution is 2.10. The van der Waals surface area contributed by atoms with Crippen LogP contribution >= 0.6 is 11.3 Å². The van der Waals surface area contributed by atoms with Crippen molar-refractivity contribution in [3.05, 3.63) is 54.4 Å². The molecule has 0 spiro atoms. The van der Waals surface area contributed by atoms with Gasteiger partial charge in [-0.3, -0.25) is 14.2 Å². The predicted octanol–water partition coefficient (Wildman–Crippen LogP) is 0.872. The summed E-state index contributed by atoms with van der Waals surface area (Å²) in [6.45, 7) is 5.58. The maximum absolute atomic E-state index is 12.7. The van der Waals surface area contributed by atoms with Crippen LogP contribution in [0.4, 0.5) is 0 Å². The molecule has 0 radical (unpaired) electrons. The van der Waals surface area contributed by atoms with Crippen molar-refractivity contribution in [3.8, 4) is 0 Å². The quantitative estimate of drug-likeness (QED) is 0.725. The molecule has 1 aromatic heterocycles. The molecule has 0 aliphatic carbocycles. The maximum atomic E-state index is 12.7. The average molecular weight is 375 g/mol. The van der Waals surface area contributed by atoms with E-state index in [-0.39, 0.29) is 18.7 Å². The van der Waals surface area contributed by atoms with Crippen molar-refractivity contribution in [1.29, 1.82) is 0 Å². The third-order valence-electron chi connectivity index (χ3n) is 3.70. The van der Waals surface area contributed by atoms with Crippen LogP contribution in [0, 0.1) is 13.8 Å². The monoisotopic (exact) mass is 375 g/mol. The van der Waals surface area contributed by atoms with Gasteiger partial charge in [0, 0.05) is 0 Å². The number of aryl methyl sites for hydroxylation is 2. The normalized spacial score (nSPS) is 12.3. The van der Waals surface area contributed by atoms with Gasteiger partial charge in [-0.1, -0.05) is 23.8 Å². The van der Waals surface area contributed by atoms with Crippen molar-refractivity contribution >= 4 is 35.4 Å². The van der Waals surface area contributed by atoms with E-state index in [0.717, 1.165) is 28.0 Å². The van der Waals surface area contributed by atoms with Gasteiger partial charge in [0.15, 0.2) is 0 Å². The summed E-state index contributed by atoms with van der Waals surface area (Å²) in [4.78, 5) is 36.2. The Morgan fingerprint density at radius 2 is 2.00 bits per heavy atom. The minimum absolute atomic E-state index is 0.226. The van der Waals surface area contributed by atoms with Crippen molar-refractivity contribution in [2.24, 2.45) is 0 Å². The molecule has 1 heterocycles. The zero-order valence-corrected chi connectivity index (χ0v) is 16.0. The van der Waals surface area contributed by atoms with Crippen LogP contribution in [0.2, 0.25) is 0 Å². The Morgan fingerprint density at radius 3 is 2.65 bits per heavy atom. The van der Waals surface area contributed by atoms with Crippen LogP contribution in [-0.2, 0) is 25.6 Å². The molecule has 0 saturated heterocycles. The van der Waals surface area contributed by atoms with E-state index in [9.17, 15) is 14.4 Å². The summed E-state index contributed by atoms with van der Waals surface area (Å²) < 4.78 is 11.5. The van der Waals surface area contributed by atoms with Gasteiger partial charge in [-0.25, -0.2) is 4.79 Å². The minimum atomic E-state index is -0.568. The Hall–Kier alpha value is -2.67. The van der Waals surface area contributed by atoms with Crippen LogP contribution < -0.4 is 14.8 Å². The molecule has 0 atom stereocenters. The summed E-state index contributed by atoms with van der Waals surface area (Å²) in [7, 11) is 1.25. The molecule has 138 valence electrons. The summed E-state index contributed by atoms with van der Waals surface area (Å²) in [5.41, 5.74) is 2.67. The lowest BCUT2D eigenvalue weighted by Gasteiger charge is -2.01. The molecule has 6 nitrogen and oxygen atoms in total. The number of methoxy groups -OCH3 is 1. The Labute approximate surface area is 155 Å².